The molecule has 0 spiro atoms. The van der Waals surface area contributed by atoms with Crippen molar-refractivity contribution < 1.29 is 66.5 Å². The molecule has 17 heteroatoms. The fourth-order valence-electron chi connectivity index (χ4n) is 3.02. The molecule has 1 saturated heterocycles. The Kier molecular flexibility index (Phi) is 8.97. The van der Waals surface area contributed by atoms with E-state index in [-0.39, 0.29) is 50.4 Å². The number of β-lactam (4-membered cyclic amide) rings is 1. The maximum atomic E-state index is 12.8. The first-order valence-electron chi connectivity index (χ1n) is 8.67. The zero-order chi connectivity index (χ0) is 23.6. The van der Waals surface area contributed by atoms with Gasteiger partial charge in [0.25, 0.3) is 11.8 Å². The van der Waals surface area contributed by atoms with Crippen LogP contribution in [-0.2, 0) is 34.3 Å². The molecule has 0 radical (unpaired) electrons. The molecule has 0 bridgehead atoms. The van der Waals surface area contributed by atoms with Gasteiger partial charge in [0.05, 0.1) is 0 Å². The Balaban J connectivity index is 0.00000385. The Morgan fingerprint density at radius 2 is 2.09 bits per heavy atom. The Morgan fingerprint density at radius 3 is 2.58 bits per heavy atom. The molecule has 2 aromatic heterocycles. The van der Waals surface area contributed by atoms with Crippen molar-refractivity contribution in [3.05, 3.63) is 33.5 Å². The molecule has 3 atom stereocenters. The number of nitrogens with one attached hydrogen (secondary N) is 1. The van der Waals surface area contributed by atoms with Gasteiger partial charge in [-0.25, -0.2) is 17.7 Å². The number of rotatable bonds is 8. The van der Waals surface area contributed by atoms with Gasteiger partial charge in [-0.1, -0.05) is 11.2 Å². The molecule has 3 rings (SSSR count). The van der Waals surface area contributed by atoms with Crippen LogP contribution in [0.1, 0.15) is 23.6 Å². The molecule has 0 aliphatic carbocycles. The third-order valence-electron chi connectivity index (χ3n) is 4.21. The van der Waals surface area contributed by atoms with E-state index in [0.29, 0.717) is 4.88 Å². The molecule has 1 aliphatic rings. The minimum atomic E-state index is -5.27. The fraction of sp³-hybridized carbons (Fsp3) is 0.312. The number of nitrogen functional groups attached to an aromatic ring is 1. The molecular formula is C16H16N5NaO8S3. The van der Waals surface area contributed by atoms with E-state index in [2.05, 4.69) is 20.3 Å². The van der Waals surface area contributed by atoms with Gasteiger partial charge in [-0.3, -0.25) is 14.4 Å². The van der Waals surface area contributed by atoms with E-state index >= 15 is 0 Å². The third-order valence-corrected chi connectivity index (χ3v) is 6.72. The van der Waals surface area contributed by atoms with Crippen LogP contribution in [0.25, 0.3) is 0 Å². The summed E-state index contributed by atoms with van der Waals surface area (Å²) in [5.74, 6) is -2.92. The minimum Gasteiger partial charge on any atom is -0.731 e. The molecule has 33 heavy (non-hydrogen) atoms. The molecule has 2 aromatic rings. The van der Waals surface area contributed by atoms with Crippen molar-refractivity contribution >= 4 is 61.6 Å². The second-order valence-corrected chi connectivity index (χ2v) is 9.39. The number of nitrogens with zero attached hydrogens (tertiary/aromatic N) is 3. The Labute approximate surface area is 218 Å². The smallest absolute Gasteiger partial charge is 0.731 e. The zero-order valence-electron chi connectivity index (χ0n) is 17.5. The summed E-state index contributed by atoms with van der Waals surface area (Å²) in [6.07, 6.45) is -1.32. The largest absolute Gasteiger partial charge is 1.00 e. The summed E-state index contributed by atoms with van der Waals surface area (Å²) in [6.45, 7) is 1.08. The van der Waals surface area contributed by atoms with Gasteiger partial charge < -0.3 is 25.2 Å². The average molecular weight is 526 g/mol. The van der Waals surface area contributed by atoms with Crippen molar-refractivity contribution in [2.75, 3.05) is 12.8 Å². The summed E-state index contributed by atoms with van der Waals surface area (Å²) < 4.78 is 40.4. The number of ether oxygens (including phenoxy) is 1. The Bertz CT molecular complexity index is 1170. The molecule has 3 heterocycles. The van der Waals surface area contributed by atoms with Crippen LogP contribution < -0.4 is 40.6 Å². The van der Waals surface area contributed by atoms with Crippen molar-refractivity contribution in [2.45, 2.75) is 25.1 Å². The molecule has 13 nitrogen and oxygen atoms in total. The summed E-state index contributed by atoms with van der Waals surface area (Å²) in [5, 5.41) is 9.10. The van der Waals surface area contributed by atoms with Crippen molar-refractivity contribution in [3.8, 4) is 0 Å². The second kappa shape index (κ2) is 10.9. The number of nitrogens with two attached hydrogens (primary N) is 1. The third kappa shape index (κ3) is 5.89. The van der Waals surface area contributed by atoms with Crippen LogP contribution in [0.2, 0.25) is 0 Å². The van der Waals surface area contributed by atoms with E-state index in [1.807, 2.05) is 0 Å². The number of anilines is 1. The van der Waals surface area contributed by atoms with E-state index < -0.39 is 46.3 Å². The van der Waals surface area contributed by atoms with Gasteiger partial charge in [0, 0.05) is 17.2 Å². The molecule has 1 aliphatic heterocycles. The maximum absolute atomic E-state index is 12.8. The summed E-state index contributed by atoms with van der Waals surface area (Å²) in [5.41, 5.74) is 5.29. The number of thiazole rings is 1. The second-order valence-electron chi connectivity index (χ2n) is 6.27. The molecule has 2 amide bonds. The number of carbonyl (C=O) groups is 3. The van der Waals surface area contributed by atoms with Crippen LogP contribution >= 0.6 is 22.7 Å². The summed E-state index contributed by atoms with van der Waals surface area (Å²) in [7, 11) is -4.09. The topological polar surface area (TPSA) is 193 Å². The normalized spacial score (nSPS) is 19.2. The van der Waals surface area contributed by atoms with Crippen molar-refractivity contribution in [1.29, 1.82) is 0 Å². The van der Waals surface area contributed by atoms with Crippen molar-refractivity contribution in [1.82, 2.24) is 14.6 Å². The van der Waals surface area contributed by atoms with Gasteiger partial charge in [0.1, 0.15) is 24.9 Å². The van der Waals surface area contributed by atoms with Gasteiger partial charge in [-0.15, -0.1) is 22.7 Å². The Hall–Kier alpha value is -2.08. The Morgan fingerprint density at radius 1 is 1.39 bits per heavy atom. The molecule has 3 N–H and O–H groups in total. The van der Waals surface area contributed by atoms with Crippen molar-refractivity contribution in [2.24, 2.45) is 5.16 Å². The summed E-state index contributed by atoms with van der Waals surface area (Å²) >= 11 is 2.14. The number of esters is 1. The molecule has 3 unspecified atom stereocenters. The van der Waals surface area contributed by atoms with E-state index in [0.717, 1.165) is 29.6 Å². The van der Waals surface area contributed by atoms with E-state index in [1.165, 1.54) is 18.6 Å². The van der Waals surface area contributed by atoms with E-state index in [4.69, 9.17) is 10.5 Å². The van der Waals surface area contributed by atoms with Crippen molar-refractivity contribution in [3.63, 3.8) is 0 Å². The van der Waals surface area contributed by atoms with Crippen LogP contribution in [-0.4, -0.2) is 64.9 Å². The monoisotopic (exact) mass is 525 g/mol. The molecule has 172 valence electrons. The maximum Gasteiger partial charge on any atom is 1.00 e. The molecule has 1 fully saturated rings. The first-order chi connectivity index (χ1) is 15.0. The number of thiophene rings is 1. The molecule has 0 saturated carbocycles. The first kappa shape index (κ1) is 27.2. The zero-order valence-corrected chi connectivity index (χ0v) is 21.9. The first-order valence-corrected chi connectivity index (χ1v) is 11.8. The van der Waals surface area contributed by atoms with Gasteiger partial charge in [0.15, 0.2) is 27.3 Å². The van der Waals surface area contributed by atoms with Gasteiger partial charge >= 0.3 is 35.5 Å². The number of hydrogen-bond acceptors (Lipinski definition) is 13. The van der Waals surface area contributed by atoms with Gasteiger partial charge in [0.2, 0.25) is 0 Å². The number of aromatic nitrogens is 1. The summed E-state index contributed by atoms with van der Waals surface area (Å²) in [6, 6.07) is 0.110. The van der Waals surface area contributed by atoms with E-state index in [1.54, 1.807) is 11.4 Å². The SMILES string of the molecule is CON=C(C(=O)NC1C(=O)N(S(=O)(=O)[O-])C1C(OC(C)=O)c1cccs1)c1csc(N)n1.[Na+]. The van der Waals surface area contributed by atoms with E-state index in [9.17, 15) is 27.4 Å². The molecule has 0 aromatic carbocycles. The number of amides is 2. The van der Waals surface area contributed by atoms with Crippen LogP contribution in [0, 0.1) is 0 Å². The summed E-state index contributed by atoms with van der Waals surface area (Å²) in [4.78, 5) is 45.9. The van der Waals surface area contributed by atoms with Crippen LogP contribution in [0.4, 0.5) is 5.13 Å². The van der Waals surface area contributed by atoms with Crippen LogP contribution in [0.15, 0.2) is 28.0 Å². The fourth-order valence-corrected chi connectivity index (χ4v) is 5.22. The number of oxime groups is 1. The average Bonchev–Trinajstić information content (AvgIpc) is 3.37. The predicted molar refractivity (Wildman–Crippen MR) is 111 cm³/mol. The predicted octanol–water partition coefficient (Wildman–Crippen LogP) is -3.40. The molecular weight excluding hydrogens is 509 g/mol. The van der Waals surface area contributed by atoms with Gasteiger partial charge in [-0.2, -0.15) is 0 Å². The quantitative estimate of drug-likeness (QED) is 0.0876. The van der Waals surface area contributed by atoms with Gasteiger partial charge in [-0.05, 0) is 11.4 Å². The van der Waals surface area contributed by atoms with Crippen LogP contribution in [0.3, 0.4) is 0 Å². The number of carbonyl (C=O) groups excluding carboxylic acids is 3. The minimum absolute atomic E-state index is 0. The standard InChI is InChI=1S/C16H17N5O8S3.Na/c1-7(22)29-13(9-4-3-5-30-9)12-11(15(24)21(12)32(25,26)27)19-14(23)10(20-28-2)8-6-31-16(17)18-8;/h3-6,11-13H,1-2H3,(H2,17,18)(H,19,23)(H,25,26,27);/q;+1/p-1. The van der Waals surface area contributed by atoms with Crippen LogP contribution in [0.5, 0.6) is 0 Å². The number of hydrogen-bond donors (Lipinski definition) is 2.